The number of nitrogens with zero attached hydrogens (tertiary/aromatic N) is 4. The Morgan fingerprint density at radius 1 is 1.20 bits per heavy atom. The van der Waals surface area contributed by atoms with E-state index in [-0.39, 0.29) is 24.1 Å². The second kappa shape index (κ2) is 8.60. The number of fused-ring (bicyclic) bond motifs is 1. The third-order valence-corrected chi connectivity index (χ3v) is 3.19. The number of aryl methyl sites for hydroxylation is 1. The van der Waals surface area contributed by atoms with Crippen LogP contribution in [0.5, 0.6) is 5.75 Å². The minimum atomic E-state index is -0.394. The molecular formula is C15H19ClN8O. The van der Waals surface area contributed by atoms with Crippen LogP contribution in [-0.2, 0) is 6.42 Å². The molecular weight excluding hydrogens is 344 g/mol. The first kappa shape index (κ1) is 19.8. The van der Waals surface area contributed by atoms with Gasteiger partial charge in [-0.15, -0.1) is 27.7 Å². The van der Waals surface area contributed by atoms with Crippen molar-refractivity contribution in [1.82, 2.24) is 0 Å². The van der Waals surface area contributed by atoms with E-state index in [0.29, 0.717) is 28.4 Å². The van der Waals surface area contributed by atoms with Crippen LogP contribution in [0.1, 0.15) is 11.1 Å². The minimum Gasteiger partial charge on any atom is -0.507 e. The van der Waals surface area contributed by atoms with Crippen LogP contribution >= 0.6 is 12.4 Å². The Labute approximate surface area is 150 Å². The Hall–Kier alpha value is -3.20. The smallest absolute Gasteiger partial charge is 0.232 e. The standard InChI is InChI=1S/C15H18N8O.ClH/c1-8-6-12(21-23-15(18)19)11-7-9(2-3-10(11)13(8)24)4-5-20-22-14(16)17;/h2-3,5-7,24H,4H2,1H3,(H3,18,19)(H4,16,17,22);1H. The molecule has 0 aliphatic rings. The van der Waals surface area contributed by atoms with Gasteiger partial charge in [0.1, 0.15) is 5.75 Å². The van der Waals surface area contributed by atoms with E-state index >= 15 is 0 Å². The molecule has 9 nitrogen and oxygen atoms in total. The highest BCUT2D eigenvalue weighted by Gasteiger charge is 2.09. The molecule has 10 heteroatoms. The van der Waals surface area contributed by atoms with Crippen molar-refractivity contribution in [3.05, 3.63) is 35.4 Å². The molecule has 2 rings (SSSR count). The first-order valence-electron chi connectivity index (χ1n) is 7.00. The van der Waals surface area contributed by atoms with Gasteiger partial charge in [0.15, 0.2) is 0 Å². The third-order valence-electron chi connectivity index (χ3n) is 3.19. The number of nitrogens with one attached hydrogen (secondary N) is 1. The largest absolute Gasteiger partial charge is 0.507 e. The van der Waals surface area contributed by atoms with Crippen molar-refractivity contribution >= 4 is 47.0 Å². The average Bonchev–Trinajstić information content (AvgIpc) is 2.53. The maximum atomic E-state index is 10.2. The molecule has 8 N–H and O–H groups in total. The van der Waals surface area contributed by atoms with Crippen LogP contribution in [0.15, 0.2) is 44.7 Å². The summed E-state index contributed by atoms with van der Waals surface area (Å²) in [5.41, 5.74) is 17.7. The van der Waals surface area contributed by atoms with Crippen molar-refractivity contribution in [2.75, 3.05) is 0 Å². The van der Waals surface area contributed by atoms with Gasteiger partial charge in [-0.3, -0.25) is 5.41 Å². The van der Waals surface area contributed by atoms with Crippen molar-refractivity contribution < 1.29 is 5.11 Å². The number of nitrogens with two attached hydrogens (primary N) is 3. The summed E-state index contributed by atoms with van der Waals surface area (Å²) >= 11 is 0. The van der Waals surface area contributed by atoms with E-state index in [1.807, 2.05) is 12.1 Å². The Balaban J connectivity index is 0.00000312. The lowest BCUT2D eigenvalue weighted by molar-refractivity contribution is 0.477. The molecule has 0 amide bonds. The summed E-state index contributed by atoms with van der Waals surface area (Å²) in [5.74, 6) is -0.334. The quantitative estimate of drug-likeness (QED) is 0.242. The van der Waals surface area contributed by atoms with Gasteiger partial charge in [0, 0.05) is 23.4 Å². The van der Waals surface area contributed by atoms with Crippen molar-refractivity contribution in [2.24, 2.45) is 37.6 Å². The zero-order chi connectivity index (χ0) is 17.7. The number of benzene rings is 2. The number of rotatable bonds is 4. The third kappa shape index (κ3) is 5.15. The van der Waals surface area contributed by atoms with Crippen LogP contribution in [-0.4, -0.2) is 23.2 Å². The maximum absolute atomic E-state index is 10.2. The summed E-state index contributed by atoms with van der Waals surface area (Å²) in [4.78, 5) is 0. The summed E-state index contributed by atoms with van der Waals surface area (Å²) in [6, 6.07) is 7.18. The van der Waals surface area contributed by atoms with Gasteiger partial charge >= 0.3 is 0 Å². The summed E-state index contributed by atoms with van der Waals surface area (Å²) < 4.78 is 0. The van der Waals surface area contributed by atoms with Gasteiger partial charge in [-0.1, -0.05) is 12.1 Å². The zero-order valence-electron chi connectivity index (χ0n) is 13.5. The molecule has 25 heavy (non-hydrogen) atoms. The summed E-state index contributed by atoms with van der Waals surface area (Å²) in [6.07, 6.45) is 2.05. The fraction of sp³-hybridized carbons (Fsp3) is 0.133. The molecule has 0 spiro atoms. The Morgan fingerprint density at radius 3 is 2.56 bits per heavy atom. The second-order valence-corrected chi connectivity index (χ2v) is 5.05. The topological polar surface area (TPSA) is 172 Å². The van der Waals surface area contributed by atoms with E-state index in [2.05, 4.69) is 20.4 Å². The molecule has 0 atom stereocenters. The molecule has 2 aromatic carbocycles. The second-order valence-electron chi connectivity index (χ2n) is 5.05. The van der Waals surface area contributed by atoms with Crippen LogP contribution in [0, 0.1) is 12.3 Å². The molecule has 0 unspecified atom stereocenters. The van der Waals surface area contributed by atoms with Crippen molar-refractivity contribution in [3.63, 3.8) is 0 Å². The van der Waals surface area contributed by atoms with Crippen LogP contribution < -0.4 is 17.2 Å². The number of guanidine groups is 2. The summed E-state index contributed by atoms with van der Waals surface area (Å²) in [7, 11) is 0. The predicted molar refractivity (Wildman–Crippen MR) is 102 cm³/mol. The van der Waals surface area contributed by atoms with Gasteiger partial charge in [0.25, 0.3) is 0 Å². The molecule has 0 bridgehead atoms. The highest BCUT2D eigenvalue weighted by molar-refractivity contribution is 5.98. The van der Waals surface area contributed by atoms with Gasteiger partial charge in [-0.2, -0.15) is 5.10 Å². The van der Waals surface area contributed by atoms with E-state index in [0.717, 1.165) is 5.56 Å². The molecule has 132 valence electrons. The van der Waals surface area contributed by atoms with E-state index in [1.165, 1.54) is 0 Å². The summed E-state index contributed by atoms with van der Waals surface area (Å²) in [6.45, 7) is 1.76. The van der Waals surface area contributed by atoms with Crippen molar-refractivity contribution in [2.45, 2.75) is 13.3 Å². The van der Waals surface area contributed by atoms with Gasteiger partial charge in [-0.05, 0) is 30.2 Å². The zero-order valence-corrected chi connectivity index (χ0v) is 14.3. The molecule has 0 radical (unpaired) electrons. The number of aromatic hydroxyl groups is 1. The average molecular weight is 363 g/mol. The fourth-order valence-corrected chi connectivity index (χ4v) is 2.14. The van der Waals surface area contributed by atoms with Gasteiger partial charge in [0.05, 0.1) is 5.69 Å². The summed E-state index contributed by atoms with van der Waals surface area (Å²) in [5, 5.41) is 33.5. The lowest BCUT2D eigenvalue weighted by Gasteiger charge is -2.09. The van der Waals surface area contributed by atoms with E-state index in [4.69, 9.17) is 22.6 Å². The molecule has 0 aliphatic carbocycles. The molecule has 0 aliphatic heterocycles. The van der Waals surface area contributed by atoms with Gasteiger partial charge in [-0.25, -0.2) is 0 Å². The lowest BCUT2D eigenvalue weighted by Crippen LogP contribution is -2.21. The van der Waals surface area contributed by atoms with Gasteiger partial charge in [0.2, 0.25) is 11.9 Å². The van der Waals surface area contributed by atoms with Crippen LogP contribution in [0.3, 0.4) is 0 Å². The van der Waals surface area contributed by atoms with E-state index in [9.17, 15) is 5.11 Å². The van der Waals surface area contributed by atoms with Crippen LogP contribution in [0.4, 0.5) is 5.69 Å². The highest BCUT2D eigenvalue weighted by atomic mass is 35.5. The molecule has 0 fully saturated rings. The SMILES string of the molecule is Cc1cc(N=NC(=N)N)c2cc(CC=NN=C(N)N)ccc2c1O.Cl. The molecule has 0 aromatic heterocycles. The number of halogens is 1. The van der Waals surface area contributed by atoms with Gasteiger partial charge < -0.3 is 22.3 Å². The van der Waals surface area contributed by atoms with E-state index in [1.54, 1.807) is 25.3 Å². The number of phenolic OH excluding ortho intramolecular Hbond substituents is 1. The highest BCUT2D eigenvalue weighted by Crippen LogP contribution is 2.36. The monoisotopic (exact) mass is 362 g/mol. The normalized spacial score (nSPS) is 10.9. The van der Waals surface area contributed by atoms with Crippen LogP contribution in [0.2, 0.25) is 0 Å². The van der Waals surface area contributed by atoms with Crippen molar-refractivity contribution in [1.29, 1.82) is 5.41 Å². The number of hydrogen-bond donors (Lipinski definition) is 5. The number of azo groups is 1. The maximum Gasteiger partial charge on any atom is 0.232 e. The minimum absolute atomic E-state index is 0. The van der Waals surface area contributed by atoms with Crippen molar-refractivity contribution in [3.8, 4) is 5.75 Å². The first-order chi connectivity index (χ1) is 11.4. The Bertz CT molecular complexity index is 871. The predicted octanol–water partition coefficient (Wildman–Crippen LogP) is 2.05. The fourth-order valence-electron chi connectivity index (χ4n) is 2.14. The number of phenols is 1. The molecule has 0 saturated carbocycles. The molecule has 0 heterocycles. The van der Waals surface area contributed by atoms with Crippen LogP contribution in [0.25, 0.3) is 10.8 Å². The Kier molecular flexibility index (Phi) is 6.82. The molecule has 2 aromatic rings. The first-order valence-corrected chi connectivity index (χ1v) is 7.00. The lowest BCUT2D eigenvalue weighted by atomic mass is 10.0. The number of hydrogen-bond acceptors (Lipinski definition) is 5. The Morgan fingerprint density at radius 2 is 1.92 bits per heavy atom. The molecule has 0 saturated heterocycles. The van der Waals surface area contributed by atoms with E-state index < -0.39 is 5.96 Å².